The fourth-order valence-electron chi connectivity index (χ4n) is 3.63. The number of urea groups is 1. The van der Waals surface area contributed by atoms with Crippen LogP contribution in [0, 0.1) is 5.92 Å². The maximum atomic E-state index is 13.3. The van der Waals surface area contributed by atoms with Crippen molar-refractivity contribution in [1.82, 2.24) is 14.4 Å². The third-order valence-electron chi connectivity index (χ3n) is 5.50. The smallest absolute Gasteiger partial charge is 0.322 e. The van der Waals surface area contributed by atoms with Crippen LogP contribution in [0.25, 0.3) is 0 Å². The van der Waals surface area contributed by atoms with Gasteiger partial charge in [0, 0.05) is 55.4 Å². The molecule has 2 aromatic rings. The van der Waals surface area contributed by atoms with Crippen molar-refractivity contribution in [3.8, 4) is 11.5 Å². The van der Waals surface area contributed by atoms with E-state index in [1.165, 1.54) is 0 Å². The van der Waals surface area contributed by atoms with Gasteiger partial charge < -0.3 is 29.2 Å². The van der Waals surface area contributed by atoms with E-state index in [9.17, 15) is 9.59 Å². The minimum Gasteiger partial charge on any atom is -0.497 e. The zero-order valence-electron chi connectivity index (χ0n) is 19.6. The predicted molar refractivity (Wildman–Crippen MR) is 124 cm³/mol. The second kappa shape index (κ2) is 10.4. The molecule has 1 aromatic heterocycles. The Kier molecular flexibility index (Phi) is 7.66. The average Bonchev–Trinajstić information content (AvgIpc) is 3.52. The van der Waals surface area contributed by atoms with Crippen LogP contribution < -0.4 is 14.8 Å². The number of methoxy groups -OCH3 is 2. The summed E-state index contributed by atoms with van der Waals surface area (Å²) in [5, 5.41) is 2.90. The largest absolute Gasteiger partial charge is 0.497 e. The number of hydrogen-bond acceptors (Lipinski definition) is 4. The number of aryl methyl sites for hydroxylation is 1. The summed E-state index contributed by atoms with van der Waals surface area (Å²) in [6, 6.07) is 8.98. The van der Waals surface area contributed by atoms with E-state index in [0.29, 0.717) is 36.2 Å². The first-order valence-corrected chi connectivity index (χ1v) is 11.0. The van der Waals surface area contributed by atoms with Gasteiger partial charge in [-0.3, -0.25) is 4.79 Å². The highest BCUT2D eigenvalue weighted by molar-refractivity contribution is 5.93. The van der Waals surface area contributed by atoms with E-state index in [1.54, 1.807) is 37.3 Å². The number of aromatic nitrogens is 1. The zero-order valence-corrected chi connectivity index (χ0v) is 19.6. The van der Waals surface area contributed by atoms with E-state index < -0.39 is 0 Å². The molecule has 0 aliphatic heterocycles. The summed E-state index contributed by atoms with van der Waals surface area (Å²) in [4.78, 5) is 29.9. The van der Waals surface area contributed by atoms with Crippen LogP contribution in [-0.2, 0) is 18.4 Å². The first-order chi connectivity index (χ1) is 15.3. The molecule has 3 amide bonds. The number of benzene rings is 1. The van der Waals surface area contributed by atoms with E-state index in [2.05, 4.69) is 19.2 Å². The van der Waals surface area contributed by atoms with Crippen LogP contribution in [0.2, 0.25) is 0 Å². The van der Waals surface area contributed by atoms with Crippen molar-refractivity contribution >= 4 is 17.6 Å². The fourth-order valence-corrected chi connectivity index (χ4v) is 3.63. The van der Waals surface area contributed by atoms with E-state index >= 15 is 0 Å². The number of nitrogens with zero attached hydrogens (tertiary/aromatic N) is 3. The standard InChI is InChI=1S/C24H34N4O4/c1-17(2)14-27(15-20-7-6-10-26(20)3)23(29)16-28(19-8-9-19)24(30)25-18-11-21(31-4)13-22(12-18)32-5/h6-7,10-13,17,19H,8-9,14-16H2,1-5H3,(H,25,30). The van der Waals surface area contributed by atoms with Gasteiger partial charge in [-0.25, -0.2) is 4.79 Å². The molecule has 0 spiro atoms. The van der Waals surface area contributed by atoms with Crippen molar-refractivity contribution in [2.45, 2.75) is 39.3 Å². The topological polar surface area (TPSA) is 76.0 Å². The second-order valence-corrected chi connectivity index (χ2v) is 8.67. The molecule has 1 aliphatic carbocycles. The van der Waals surface area contributed by atoms with Crippen molar-refractivity contribution in [3.05, 3.63) is 42.2 Å². The van der Waals surface area contributed by atoms with Gasteiger partial charge >= 0.3 is 6.03 Å². The summed E-state index contributed by atoms with van der Waals surface area (Å²) in [6.07, 6.45) is 3.79. The molecule has 8 heteroatoms. The number of hydrogen-bond donors (Lipinski definition) is 1. The Morgan fingerprint density at radius 2 is 1.81 bits per heavy atom. The van der Waals surface area contributed by atoms with Gasteiger partial charge in [0.25, 0.3) is 0 Å². The van der Waals surface area contributed by atoms with Crippen molar-refractivity contribution in [1.29, 1.82) is 0 Å². The molecule has 174 valence electrons. The number of carbonyl (C=O) groups is 2. The van der Waals surface area contributed by atoms with Crippen LogP contribution in [-0.4, -0.2) is 59.7 Å². The summed E-state index contributed by atoms with van der Waals surface area (Å²) < 4.78 is 12.6. The number of nitrogens with one attached hydrogen (secondary N) is 1. The van der Waals surface area contributed by atoms with Crippen LogP contribution in [0.3, 0.4) is 0 Å². The van der Waals surface area contributed by atoms with Crippen LogP contribution in [0.1, 0.15) is 32.4 Å². The average molecular weight is 443 g/mol. The summed E-state index contributed by atoms with van der Waals surface area (Å²) >= 11 is 0. The molecular weight excluding hydrogens is 408 g/mol. The van der Waals surface area contributed by atoms with E-state index in [-0.39, 0.29) is 24.5 Å². The third-order valence-corrected chi connectivity index (χ3v) is 5.50. The van der Waals surface area contributed by atoms with Gasteiger partial charge in [-0.15, -0.1) is 0 Å². The monoisotopic (exact) mass is 442 g/mol. The van der Waals surface area contributed by atoms with Gasteiger partial charge in [-0.05, 0) is 30.9 Å². The fraction of sp³-hybridized carbons (Fsp3) is 0.500. The first kappa shape index (κ1) is 23.5. The molecule has 0 radical (unpaired) electrons. The maximum absolute atomic E-state index is 13.3. The third kappa shape index (κ3) is 6.18. The minimum absolute atomic E-state index is 0.0503. The summed E-state index contributed by atoms with van der Waals surface area (Å²) in [7, 11) is 5.09. The molecule has 1 aromatic carbocycles. The number of ether oxygens (including phenoxy) is 2. The van der Waals surface area contributed by atoms with Gasteiger partial charge in [-0.1, -0.05) is 13.8 Å². The van der Waals surface area contributed by atoms with Gasteiger partial charge in [0.2, 0.25) is 5.91 Å². The lowest BCUT2D eigenvalue weighted by molar-refractivity contribution is -0.133. The Bertz CT molecular complexity index is 914. The highest BCUT2D eigenvalue weighted by Gasteiger charge is 2.35. The first-order valence-electron chi connectivity index (χ1n) is 11.0. The molecule has 0 saturated heterocycles. The second-order valence-electron chi connectivity index (χ2n) is 8.67. The normalized spacial score (nSPS) is 13.1. The Balaban J connectivity index is 1.72. The Labute approximate surface area is 190 Å². The van der Waals surface area contributed by atoms with Crippen molar-refractivity contribution < 1.29 is 19.1 Å². The highest BCUT2D eigenvalue weighted by Crippen LogP contribution is 2.29. The lowest BCUT2D eigenvalue weighted by Gasteiger charge is -2.29. The molecule has 0 atom stereocenters. The molecule has 1 saturated carbocycles. The van der Waals surface area contributed by atoms with Crippen molar-refractivity contribution in [3.63, 3.8) is 0 Å². The quantitative estimate of drug-likeness (QED) is 0.608. The summed E-state index contributed by atoms with van der Waals surface area (Å²) in [5.74, 6) is 1.44. The molecular formula is C24H34N4O4. The molecule has 1 N–H and O–H groups in total. The van der Waals surface area contributed by atoms with Gasteiger partial charge in [0.05, 0.1) is 20.8 Å². The highest BCUT2D eigenvalue weighted by atomic mass is 16.5. The van der Waals surface area contributed by atoms with Gasteiger partial charge in [-0.2, -0.15) is 0 Å². The lowest BCUT2D eigenvalue weighted by atomic mass is 10.2. The van der Waals surface area contributed by atoms with E-state index in [1.807, 2.05) is 34.8 Å². The molecule has 1 heterocycles. The Morgan fingerprint density at radius 3 is 2.31 bits per heavy atom. The zero-order chi connectivity index (χ0) is 23.3. The van der Waals surface area contributed by atoms with Crippen molar-refractivity contribution in [2.75, 3.05) is 32.6 Å². The molecule has 1 aliphatic rings. The summed E-state index contributed by atoms with van der Waals surface area (Å²) in [6.45, 7) is 5.39. The number of anilines is 1. The van der Waals surface area contributed by atoms with Gasteiger partial charge in [0.1, 0.15) is 18.0 Å². The number of amides is 3. The maximum Gasteiger partial charge on any atom is 0.322 e. The summed E-state index contributed by atoms with van der Waals surface area (Å²) in [5.41, 5.74) is 1.62. The number of rotatable bonds is 10. The Morgan fingerprint density at radius 1 is 1.16 bits per heavy atom. The molecule has 3 rings (SSSR count). The number of carbonyl (C=O) groups excluding carboxylic acids is 2. The Hall–Kier alpha value is -3.16. The van der Waals surface area contributed by atoms with Crippen LogP contribution in [0.5, 0.6) is 11.5 Å². The SMILES string of the molecule is COc1cc(NC(=O)N(CC(=O)N(Cc2cccn2C)CC(C)C)C2CC2)cc(OC)c1. The van der Waals surface area contributed by atoms with E-state index in [0.717, 1.165) is 18.5 Å². The lowest BCUT2D eigenvalue weighted by Crippen LogP contribution is -2.46. The van der Waals surface area contributed by atoms with Crippen LogP contribution >= 0.6 is 0 Å². The van der Waals surface area contributed by atoms with E-state index in [4.69, 9.17) is 9.47 Å². The van der Waals surface area contributed by atoms with Gasteiger partial charge in [0.15, 0.2) is 0 Å². The minimum atomic E-state index is -0.292. The molecule has 1 fully saturated rings. The van der Waals surface area contributed by atoms with Crippen LogP contribution in [0.15, 0.2) is 36.5 Å². The molecule has 0 bridgehead atoms. The predicted octanol–water partition coefficient (Wildman–Crippen LogP) is 3.72. The molecule has 8 nitrogen and oxygen atoms in total. The molecule has 0 unspecified atom stereocenters. The van der Waals surface area contributed by atoms with Crippen molar-refractivity contribution in [2.24, 2.45) is 13.0 Å². The molecule has 32 heavy (non-hydrogen) atoms. The van der Waals surface area contributed by atoms with Crippen LogP contribution in [0.4, 0.5) is 10.5 Å².